The van der Waals surface area contributed by atoms with Gasteiger partial charge in [-0.25, -0.2) is 0 Å². The van der Waals surface area contributed by atoms with Gasteiger partial charge in [-0.15, -0.1) is 11.3 Å². The van der Waals surface area contributed by atoms with Crippen molar-refractivity contribution in [2.24, 2.45) is 0 Å². The maximum absolute atomic E-state index is 6.74. The molecule has 156 valence electrons. The lowest BCUT2D eigenvalue weighted by Gasteiger charge is -2.27. The molecule has 0 radical (unpaired) electrons. The predicted molar refractivity (Wildman–Crippen MR) is 140 cm³/mol. The van der Waals surface area contributed by atoms with Gasteiger partial charge in [-0.2, -0.15) is 0 Å². The number of rotatable bonds is 5. The average Bonchev–Trinajstić information content (AvgIpc) is 3.28. The van der Waals surface area contributed by atoms with E-state index in [4.69, 9.17) is 23.2 Å². The molecule has 0 unspecified atom stereocenters. The lowest BCUT2D eigenvalue weighted by Crippen LogP contribution is -2.10. The Morgan fingerprint density at radius 3 is 1.81 bits per heavy atom. The topological polar surface area (TPSA) is 3.24 Å². The van der Waals surface area contributed by atoms with Gasteiger partial charge in [-0.05, 0) is 35.4 Å². The highest BCUT2D eigenvalue weighted by Crippen LogP contribution is 2.50. The van der Waals surface area contributed by atoms with Crippen molar-refractivity contribution in [1.82, 2.24) is 0 Å². The first kappa shape index (κ1) is 20.8. The maximum atomic E-state index is 6.74. The second-order valence-corrected chi connectivity index (χ2v) is 8.97. The van der Waals surface area contributed by atoms with E-state index in [1.54, 1.807) is 11.3 Å². The highest BCUT2D eigenvalue weighted by atomic mass is 35.5. The summed E-state index contributed by atoms with van der Waals surface area (Å²) in [5.41, 5.74) is 6.44. The summed E-state index contributed by atoms with van der Waals surface area (Å²) in [6, 6.07) is 37.0. The van der Waals surface area contributed by atoms with Crippen LogP contribution >= 0.6 is 34.5 Å². The average molecular weight is 472 g/mol. The number of hydrogen-bond donors (Lipinski definition) is 0. The molecule has 0 aliphatic rings. The van der Waals surface area contributed by atoms with Crippen LogP contribution in [-0.2, 0) is 0 Å². The molecule has 32 heavy (non-hydrogen) atoms. The van der Waals surface area contributed by atoms with Gasteiger partial charge >= 0.3 is 0 Å². The fourth-order valence-electron chi connectivity index (χ4n) is 3.85. The van der Waals surface area contributed by atoms with Gasteiger partial charge in [0.15, 0.2) is 0 Å². The van der Waals surface area contributed by atoms with Gasteiger partial charge in [-0.3, -0.25) is 0 Å². The third-order valence-corrected chi connectivity index (χ3v) is 7.12. The molecule has 0 amide bonds. The predicted octanol–water partition coefficient (Wildman–Crippen LogP) is 9.86. The Labute approximate surface area is 202 Å². The Morgan fingerprint density at radius 1 is 0.562 bits per heavy atom. The van der Waals surface area contributed by atoms with Crippen LogP contribution in [0.5, 0.6) is 0 Å². The first-order valence-electron chi connectivity index (χ1n) is 10.3. The van der Waals surface area contributed by atoms with Crippen molar-refractivity contribution >= 4 is 51.6 Å². The number of hydrogen-bond acceptors (Lipinski definition) is 2. The zero-order chi connectivity index (χ0) is 21.9. The molecule has 0 fully saturated rings. The molecule has 0 spiro atoms. The van der Waals surface area contributed by atoms with Crippen molar-refractivity contribution in [1.29, 1.82) is 0 Å². The van der Waals surface area contributed by atoms with Gasteiger partial charge in [-0.1, -0.05) is 108 Å². The molecule has 1 aromatic heterocycles. The Bertz CT molecular complexity index is 1330. The van der Waals surface area contributed by atoms with Crippen molar-refractivity contribution in [3.8, 4) is 21.6 Å². The van der Waals surface area contributed by atoms with Crippen molar-refractivity contribution in [2.75, 3.05) is 4.90 Å². The van der Waals surface area contributed by atoms with E-state index in [0.29, 0.717) is 10.0 Å². The Hall–Kier alpha value is -3.04. The third-order valence-electron chi connectivity index (χ3n) is 5.30. The fraction of sp³-hybridized carbons (Fsp3) is 0. The Balaban J connectivity index is 1.81. The number of nitrogens with zero attached hydrogens (tertiary/aromatic N) is 1. The summed E-state index contributed by atoms with van der Waals surface area (Å²) < 4.78 is 0. The van der Waals surface area contributed by atoms with Crippen molar-refractivity contribution in [3.63, 3.8) is 0 Å². The fourth-order valence-corrected chi connectivity index (χ4v) is 5.29. The number of anilines is 3. The van der Waals surface area contributed by atoms with E-state index in [1.165, 1.54) is 16.0 Å². The van der Waals surface area contributed by atoms with Crippen molar-refractivity contribution in [3.05, 3.63) is 125 Å². The summed E-state index contributed by atoms with van der Waals surface area (Å²) >= 11 is 14.9. The third kappa shape index (κ3) is 3.93. The van der Waals surface area contributed by atoms with Gasteiger partial charge in [0.05, 0.1) is 21.4 Å². The molecule has 0 saturated carbocycles. The quantitative estimate of drug-likeness (QED) is 0.246. The standard InChI is InChI=1S/C28H19Cl2NS/c29-23-17-10-18-24(27(23)30)31(22-15-8-3-9-16-22)25-19-32-28(21-13-6-2-7-14-21)26(25)20-11-4-1-5-12-20/h1-19H. The summed E-state index contributed by atoms with van der Waals surface area (Å²) in [6.07, 6.45) is 0. The Kier molecular flexibility index (Phi) is 6.00. The smallest absolute Gasteiger partial charge is 0.0832 e. The molecule has 0 aliphatic carbocycles. The van der Waals surface area contributed by atoms with Crippen LogP contribution in [0.1, 0.15) is 0 Å². The van der Waals surface area contributed by atoms with E-state index in [1.807, 2.05) is 48.5 Å². The normalized spacial score (nSPS) is 10.8. The van der Waals surface area contributed by atoms with Crippen molar-refractivity contribution < 1.29 is 0 Å². The molecule has 1 nitrogen and oxygen atoms in total. The summed E-state index contributed by atoms with van der Waals surface area (Å²) in [4.78, 5) is 3.41. The lowest BCUT2D eigenvalue weighted by atomic mass is 10.00. The molecule has 4 heteroatoms. The summed E-state index contributed by atoms with van der Waals surface area (Å²) in [5.74, 6) is 0. The summed E-state index contributed by atoms with van der Waals surface area (Å²) in [5, 5.41) is 3.27. The highest BCUT2D eigenvalue weighted by Gasteiger charge is 2.24. The number of para-hydroxylation sites is 1. The lowest BCUT2D eigenvalue weighted by molar-refractivity contribution is 1.30. The van der Waals surface area contributed by atoms with Gasteiger partial charge in [0.25, 0.3) is 0 Å². The highest BCUT2D eigenvalue weighted by molar-refractivity contribution is 7.14. The van der Waals surface area contributed by atoms with Crippen LogP contribution in [0.25, 0.3) is 21.6 Å². The van der Waals surface area contributed by atoms with Crippen LogP contribution in [0.3, 0.4) is 0 Å². The molecule has 0 bridgehead atoms. The molecule has 1 heterocycles. The molecule has 0 saturated heterocycles. The van der Waals surface area contributed by atoms with E-state index in [9.17, 15) is 0 Å². The zero-order valence-corrected chi connectivity index (χ0v) is 19.4. The van der Waals surface area contributed by atoms with Gasteiger partial charge < -0.3 is 4.90 Å². The van der Waals surface area contributed by atoms with E-state index >= 15 is 0 Å². The SMILES string of the molecule is Clc1cccc(N(c2ccccc2)c2csc(-c3ccccc3)c2-c2ccccc2)c1Cl. The van der Waals surface area contributed by atoms with Crippen molar-refractivity contribution in [2.45, 2.75) is 0 Å². The van der Waals surface area contributed by atoms with Gasteiger partial charge in [0.1, 0.15) is 0 Å². The molecule has 5 rings (SSSR count). The molecule has 0 N–H and O–H groups in total. The number of halogens is 2. The van der Waals surface area contributed by atoms with Crippen LogP contribution in [0.2, 0.25) is 10.0 Å². The van der Waals surface area contributed by atoms with Crippen LogP contribution < -0.4 is 4.90 Å². The first-order chi connectivity index (χ1) is 15.7. The van der Waals surface area contributed by atoms with Crippen LogP contribution in [0.15, 0.2) is 115 Å². The molecular formula is C28H19Cl2NS. The van der Waals surface area contributed by atoms with Gasteiger partial charge in [0, 0.05) is 21.5 Å². The maximum Gasteiger partial charge on any atom is 0.0832 e. The molecule has 5 aromatic rings. The minimum Gasteiger partial charge on any atom is -0.307 e. The van der Waals surface area contributed by atoms with Gasteiger partial charge in [0.2, 0.25) is 0 Å². The van der Waals surface area contributed by atoms with E-state index in [0.717, 1.165) is 22.6 Å². The summed E-state index contributed by atoms with van der Waals surface area (Å²) in [7, 11) is 0. The van der Waals surface area contributed by atoms with Crippen LogP contribution in [0, 0.1) is 0 Å². The second-order valence-electron chi connectivity index (χ2n) is 7.30. The van der Waals surface area contributed by atoms with E-state index in [-0.39, 0.29) is 0 Å². The van der Waals surface area contributed by atoms with Crippen LogP contribution in [0.4, 0.5) is 17.1 Å². The molecule has 0 atom stereocenters. The minimum atomic E-state index is 0.532. The van der Waals surface area contributed by atoms with E-state index < -0.39 is 0 Å². The summed E-state index contributed by atoms with van der Waals surface area (Å²) in [6.45, 7) is 0. The first-order valence-corrected chi connectivity index (χ1v) is 11.9. The second kappa shape index (κ2) is 9.22. The largest absolute Gasteiger partial charge is 0.307 e. The zero-order valence-electron chi connectivity index (χ0n) is 17.1. The van der Waals surface area contributed by atoms with E-state index in [2.05, 4.69) is 70.9 Å². The van der Waals surface area contributed by atoms with Crippen LogP contribution in [-0.4, -0.2) is 0 Å². The number of thiophene rings is 1. The minimum absolute atomic E-state index is 0.532. The number of benzene rings is 4. The Morgan fingerprint density at radius 2 is 1.16 bits per heavy atom. The molecular weight excluding hydrogens is 453 g/mol. The molecule has 0 aliphatic heterocycles. The monoisotopic (exact) mass is 471 g/mol. The molecule has 4 aromatic carbocycles.